The Labute approximate surface area is 136 Å². The number of primary sulfonamides is 1. The number of alkyl halides is 3. The van der Waals surface area contributed by atoms with Gasteiger partial charge >= 0.3 is 6.18 Å². The number of rotatable bonds is 5. The summed E-state index contributed by atoms with van der Waals surface area (Å²) in [5.74, 6) is 0.113. The molecule has 4 nitrogen and oxygen atoms in total. The minimum Gasteiger partial charge on any atom is -0.384 e. The highest BCUT2D eigenvalue weighted by Gasteiger charge is 2.36. The minimum atomic E-state index is -4.81. The van der Waals surface area contributed by atoms with Crippen LogP contribution in [0.15, 0.2) is 40.6 Å². The Balaban J connectivity index is 2.24. The molecule has 0 radical (unpaired) electrons. The van der Waals surface area contributed by atoms with Crippen molar-refractivity contribution in [2.75, 3.05) is 11.9 Å². The first-order valence-corrected chi connectivity index (χ1v) is 9.03. The van der Waals surface area contributed by atoms with Gasteiger partial charge in [0.05, 0.1) is 10.5 Å². The third-order valence-electron chi connectivity index (χ3n) is 3.23. The van der Waals surface area contributed by atoms with E-state index in [1.165, 1.54) is 6.07 Å². The van der Waals surface area contributed by atoms with Crippen LogP contribution in [-0.4, -0.2) is 15.0 Å². The van der Waals surface area contributed by atoms with Crippen molar-refractivity contribution >= 4 is 27.0 Å². The summed E-state index contributed by atoms with van der Waals surface area (Å²) in [7, 11) is -4.45. The zero-order valence-electron chi connectivity index (χ0n) is 12.1. The Hall–Kier alpha value is -1.58. The molecule has 1 heterocycles. The van der Waals surface area contributed by atoms with Crippen LogP contribution in [0, 0.1) is 0 Å². The van der Waals surface area contributed by atoms with Gasteiger partial charge in [-0.3, -0.25) is 0 Å². The van der Waals surface area contributed by atoms with E-state index in [-0.39, 0.29) is 11.6 Å². The fraction of sp³-hybridized carbons (Fsp3) is 0.286. The first-order valence-electron chi connectivity index (χ1n) is 6.60. The summed E-state index contributed by atoms with van der Waals surface area (Å²) in [5.41, 5.74) is -1.08. The maximum atomic E-state index is 13.0. The first kappa shape index (κ1) is 17.8. The molecule has 1 unspecified atom stereocenters. The van der Waals surface area contributed by atoms with Crippen LogP contribution in [0.4, 0.5) is 18.9 Å². The third-order valence-corrected chi connectivity index (χ3v) is 5.31. The molecular weight excluding hydrogens is 349 g/mol. The maximum absolute atomic E-state index is 13.0. The molecule has 0 aliphatic rings. The van der Waals surface area contributed by atoms with Crippen molar-refractivity contribution in [3.8, 4) is 0 Å². The smallest absolute Gasteiger partial charge is 0.384 e. The molecular formula is C14H15F3N2O2S2. The number of hydrogen-bond donors (Lipinski definition) is 2. The molecule has 0 bridgehead atoms. The van der Waals surface area contributed by atoms with Crippen LogP contribution in [0.25, 0.3) is 0 Å². The Kier molecular flexibility index (Phi) is 5.02. The second-order valence-electron chi connectivity index (χ2n) is 5.05. The molecule has 2 aromatic rings. The predicted molar refractivity (Wildman–Crippen MR) is 84.0 cm³/mol. The van der Waals surface area contributed by atoms with Crippen molar-refractivity contribution in [3.63, 3.8) is 0 Å². The van der Waals surface area contributed by atoms with Gasteiger partial charge in [0.1, 0.15) is 0 Å². The molecule has 0 fully saturated rings. The van der Waals surface area contributed by atoms with E-state index in [1.54, 1.807) is 11.3 Å². The summed E-state index contributed by atoms with van der Waals surface area (Å²) >= 11 is 1.56. The van der Waals surface area contributed by atoms with E-state index in [0.29, 0.717) is 6.54 Å². The topological polar surface area (TPSA) is 72.2 Å². The third kappa shape index (κ3) is 4.46. The van der Waals surface area contributed by atoms with Crippen LogP contribution in [0.5, 0.6) is 0 Å². The van der Waals surface area contributed by atoms with Crippen molar-refractivity contribution in [1.82, 2.24) is 0 Å². The monoisotopic (exact) mass is 364 g/mol. The fourth-order valence-corrected chi connectivity index (χ4v) is 3.58. The van der Waals surface area contributed by atoms with Gasteiger partial charge < -0.3 is 5.32 Å². The summed E-state index contributed by atoms with van der Waals surface area (Å²) in [5, 5.41) is 9.66. The number of anilines is 1. The number of thiophene rings is 1. The fourth-order valence-electron chi connectivity index (χ4n) is 2.05. The normalized spacial score (nSPS) is 13.8. The number of sulfonamides is 1. The molecule has 0 aliphatic heterocycles. The Morgan fingerprint density at radius 1 is 1.30 bits per heavy atom. The van der Waals surface area contributed by atoms with Gasteiger partial charge in [-0.1, -0.05) is 13.0 Å². The van der Waals surface area contributed by atoms with Gasteiger partial charge in [0.25, 0.3) is 0 Å². The van der Waals surface area contributed by atoms with Crippen LogP contribution >= 0.6 is 11.3 Å². The van der Waals surface area contributed by atoms with E-state index in [1.807, 2.05) is 24.4 Å². The van der Waals surface area contributed by atoms with E-state index in [4.69, 9.17) is 5.14 Å². The number of benzene rings is 1. The highest BCUT2D eigenvalue weighted by atomic mass is 32.2. The lowest BCUT2D eigenvalue weighted by Gasteiger charge is -2.16. The Bertz CT molecular complexity index is 772. The average Bonchev–Trinajstić information content (AvgIpc) is 2.96. The molecule has 0 saturated heterocycles. The van der Waals surface area contributed by atoms with Crippen molar-refractivity contribution in [3.05, 3.63) is 46.2 Å². The molecule has 1 aromatic carbocycles. The van der Waals surface area contributed by atoms with Crippen LogP contribution in [0.2, 0.25) is 0 Å². The van der Waals surface area contributed by atoms with Gasteiger partial charge in [0.2, 0.25) is 10.0 Å². The van der Waals surface area contributed by atoms with Crippen LogP contribution in [-0.2, 0) is 16.2 Å². The van der Waals surface area contributed by atoms with Crippen LogP contribution in [0.1, 0.15) is 23.3 Å². The zero-order chi connectivity index (χ0) is 17.3. The first-order chi connectivity index (χ1) is 10.6. The molecule has 23 heavy (non-hydrogen) atoms. The summed E-state index contributed by atoms with van der Waals surface area (Å²) in [6.45, 7) is 2.37. The van der Waals surface area contributed by atoms with Gasteiger partial charge in [-0.25, -0.2) is 13.6 Å². The average molecular weight is 364 g/mol. The zero-order valence-corrected chi connectivity index (χ0v) is 13.7. The second kappa shape index (κ2) is 6.50. The van der Waals surface area contributed by atoms with Crippen molar-refractivity contribution in [2.45, 2.75) is 23.9 Å². The highest BCUT2D eigenvalue weighted by Crippen LogP contribution is 2.35. The summed E-state index contributed by atoms with van der Waals surface area (Å²) in [6.07, 6.45) is -4.81. The SMILES string of the molecule is CC(CNc1ccc(S(N)(=O)=O)c(C(F)(F)F)c1)c1cccs1. The lowest BCUT2D eigenvalue weighted by molar-refractivity contribution is -0.139. The second-order valence-corrected chi connectivity index (χ2v) is 7.56. The molecule has 1 aromatic heterocycles. The van der Waals surface area contributed by atoms with E-state index in [2.05, 4.69) is 5.32 Å². The lowest BCUT2D eigenvalue weighted by atomic mass is 10.1. The van der Waals surface area contributed by atoms with Gasteiger partial charge in [0.15, 0.2) is 0 Å². The van der Waals surface area contributed by atoms with E-state index in [9.17, 15) is 21.6 Å². The maximum Gasteiger partial charge on any atom is 0.417 e. The van der Waals surface area contributed by atoms with Gasteiger partial charge in [-0.05, 0) is 29.6 Å². The van der Waals surface area contributed by atoms with Crippen LogP contribution in [0.3, 0.4) is 0 Å². The quantitative estimate of drug-likeness (QED) is 0.851. The number of nitrogens with one attached hydrogen (secondary N) is 1. The Morgan fingerprint density at radius 3 is 2.52 bits per heavy atom. The standard InChI is InChI=1S/C14H15F3N2O2S2/c1-9(12-3-2-6-22-12)8-19-10-4-5-13(23(18,20)21)11(7-10)14(15,16)17/h2-7,9,19H,8H2,1H3,(H2,18,20,21). The number of nitrogens with two attached hydrogens (primary N) is 1. The predicted octanol–water partition coefficient (Wildman–Crippen LogP) is 3.63. The number of hydrogen-bond acceptors (Lipinski definition) is 4. The largest absolute Gasteiger partial charge is 0.417 e. The number of halogens is 3. The van der Waals surface area contributed by atoms with Crippen molar-refractivity contribution in [2.24, 2.45) is 5.14 Å². The summed E-state index contributed by atoms with van der Waals surface area (Å²) in [6, 6.07) is 6.76. The van der Waals surface area contributed by atoms with Crippen molar-refractivity contribution in [1.29, 1.82) is 0 Å². The molecule has 1 atom stereocenters. The van der Waals surface area contributed by atoms with Crippen molar-refractivity contribution < 1.29 is 21.6 Å². The lowest BCUT2D eigenvalue weighted by Crippen LogP contribution is -2.19. The molecule has 3 N–H and O–H groups in total. The van der Waals surface area contributed by atoms with Gasteiger partial charge in [-0.15, -0.1) is 11.3 Å². The molecule has 0 amide bonds. The minimum absolute atomic E-state index is 0.113. The molecule has 126 valence electrons. The van der Waals surface area contributed by atoms with E-state index < -0.39 is 26.7 Å². The van der Waals surface area contributed by atoms with Gasteiger partial charge in [0, 0.05) is 23.0 Å². The van der Waals surface area contributed by atoms with E-state index in [0.717, 1.165) is 17.0 Å². The molecule has 9 heteroatoms. The van der Waals surface area contributed by atoms with Crippen LogP contribution < -0.4 is 10.5 Å². The molecule has 0 spiro atoms. The molecule has 0 saturated carbocycles. The highest BCUT2D eigenvalue weighted by molar-refractivity contribution is 7.89. The Morgan fingerprint density at radius 2 is 2.00 bits per heavy atom. The van der Waals surface area contributed by atoms with Gasteiger partial charge in [-0.2, -0.15) is 13.2 Å². The summed E-state index contributed by atoms with van der Waals surface area (Å²) in [4.78, 5) is 0.177. The molecule has 2 rings (SSSR count). The summed E-state index contributed by atoms with van der Waals surface area (Å²) < 4.78 is 61.7. The van der Waals surface area contributed by atoms with E-state index >= 15 is 0 Å². The molecule has 0 aliphatic carbocycles.